The van der Waals surface area contributed by atoms with E-state index in [-0.39, 0.29) is 19.0 Å². The van der Waals surface area contributed by atoms with E-state index in [0.717, 1.165) is 17.7 Å². The lowest BCUT2D eigenvalue weighted by atomic mass is 9.73. The molecule has 1 heterocycles. The lowest BCUT2D eigenvalue weighted by Crippen LogP contribution is -2.46. The maximum atomic E-state index is 13.0. The molecule has 3 rings (SSSR count). The molecule has 0 spiro atoms. The second-order valence-electron chi connectivity index (χ2n) is 6.73. The number of halogens is 6. The number of hydrogen-bond acceptors (Lipinski definition) is 3. The molecule has 3 nitrogen and oxygen atoms in total. The highest BCUT2D eigenvalue weighted by atomic mass is 35.5. The van der Waals surface area contributed by atoms with Crippen LogP contribution >= 0.6 is 35.6 Å². The fourth-order valence-corrected chi connectivity index (χ4v) is 3.63. The number of alkyl halides is 3. The minimum absolute atomic E-state index is 0. The van der Waals surface area contributed by atoms with Crippen LogP contribution in [0.2, 0.25) is 10.0 Å². The minimum Gasteiger partial charge on any atom is -0.460 e. The molecule has 2 aromatic rings. The number of esters is 1. The second-order valence-corrected chi connectivity index (χ2v) is 7.55. The first-order valence-corrected chi connectivity index (χ1v) is 9.47. The van der Waals surface area contributed by atoms with Crippen molar-refractivity contribution < 1.29 is 22.7 Å². The summed E-state index contributed by atoms with van der Waals surface area (Å²) in [6.45, 7) is 1.17. The first-order chi connectivity index (χ1) is 13.2. The maximum Gasteiger partial charge on any atom is 0.416 e. The van der Waals surface area contributed by atoms with Gasteiger partial charge in [0.15, 0.2) is 0 Å². The van der Waals surface area contributed by atoms with Crippen LogP contribution in [0.3, 0.4) is 0 Å². The highest BCUT2D eigenvalue weighted by molar-refractivity contribution is 6.42. The van der Waals surface area contributed by atoms with E-state index in [2.05, 4.69) is 5.32 Å². The first kappa shape index (κ1) is 23.8. The summed E-state index contributed by atoms with van der Waals surface area (Å²) in [6.07, 6.45) is -3.35. The predicted octanol–water partition coefficient (Wildman–Crippen LogP) is 5.80. The Morgan fingerprint density at radius 2 is 1.66 bits per heavy atom. The number of ether oxygens (including phenoxy) is 1. The fourth-order valence-electron chi connectivity index (χ4n) is 3.33. The van der Waals surface area contributed by atoms with Crippen molar-refractivity contribution in [2.24, 2.45) is 0 Å². The van der Waals surface area contributed by atoms with E-state index in [1.807, 2.05) is 0 Å². The molecule has 1 saturated heterocycles. The third kappa shape index (κ3) is 5.37. The van der Waals surface area contributed by atoms with E-state index < -0.39 is 23.1 Å². The van der Waals surface area contributed by atoms with Gasteiger partial charge in [0.1, 0.15) is 6.61 Å². The summed E-state index contributed by atoms with van der Waals surface area (Å²) in [5, 5.41) is 3.96. The smallest absolute Gasteiger partial charge is 0.416 e. The van der Waals surface area contributed by atoms with Crippen LogP contribution in [-0.4, -0.2) is 19.1 Å². The second kappa shape index (κ2) is 9.56. The van der Waals surface area contributed by atoms with E-state index in [9.17, 15) is 18.0 Å². The van der Waals surface area contributed by atoms with Crippen LogP contribution in [0.4, 0.5) is 13.2 Å². The molecule has 0 bridgehead atoms. The molecule has 0 amide bonds. The average molecular weight is 469 g/mol. The standard InChI is InChI=1S/C20H18Cl2F3NO2.ClH/c21-16-6-5-15(11-17(16)22)19(7-9-26-10-8-19)18(27)28-12-13-1-3-14(4-2-13)20(23,24)25;/h1-6,11,26H,7-10,12H2;1H. The summed E-state index contributed by atoms with van der Waals surface area (Å²) >= 11 is 12.1. The normalized spacial score (nSPS) is 16.0. The molecule has 0 aromatic heterocycles. The molecule has 29 heavy (non-hydrogen) atoms. The Morgan fingerprint density at radius 3 is 2.21 bits per heavy atom. The van der Waals surface area contributed by atoms with Crippen LogP contribution < -0.4 is 5.32 Å². The van der Waals surface area contributed by atoms with Crippen molar-refractivity contribution in [2.75, 3.05) is 13.1 Å². The minimum atomic E-state index is -4.40. The third-order valence-corrected chi connectivity index (χ3v) is 5.71. The molecule has 0 saturated carbocycles. The van der Waals surface area contributed by atoms with E-state index in [1.165, 1.54) is 12.1 Å². The molecular weight excluding hydrogens is 450 g/mol. The number of carbonyl (C=O) groups is 1. The average Bonchev–Trinajstić information content (AvgIpc) is 2.68. The van der Waals surface area contributed by atoms with Gasteiger partial charge in [-0.2, -0.15) is 13.2 Å². The molecule has 0 radical (unpaired) electrons. The Balaban J connectivity index is 0.00000300. The molecule has 9 heteroatoms. The number of nitrogens with one attached hydrogen (secondary N) is 1. The maximum absolute atomic E-state index is 13.0. The molecule has 1 aliphatic rings. The van der Waals surface area contributed by atoms with Gasteiger partial charge in [-0.3, -0.25) is 4.79 Å². The Kier molecular flexibility index (Phi) is 7.85. The largest absolute Gasteiger partial charge is 0.460 e. The lowest BCUT2D eigenvalue weighted by molar-refractivity contribution is -0.153. The zero-order valence-electron chi connectivity index (χ0n) is 15.2. The van der Waals surface area contributed by atoms with Crippen molar-refractivity contribution in [3.8, 4) is 0 Å². The molecule has 158 valence electrons. The number of benzene rings is 2. The third-order valence-electron chi connectivity index (χ3n) is 4.97. The van der Waals surface area contributed by atoms with Gasteiger partial charge in [0.05, 0.1) is 21.0 Å². The topological polar surface area (TPSA) is 38.3 Å². The Hall–Kier alpha value is -1.47. The summed E-state index contributed by atoms with van der Waals surface area (Å²) in [4.78, 5) is 13.0. The van der Waals surface area contributed by atoms with E-state index in [1.54, 1.807) is 18.2 Å². The summed E-state index contributed by atoms with van der Waals surface area (Å²) in [7, 11) is 0. The zero-order chi connectivity index (χ0) is 20.4. The molecule has 1 N–H and O–H groups in total. The quantitative estimate of drug-likeness (QED) is 0.577. The lowest BCUT2D eigenvalue weighted by Gasteiger charge is -2.36. The summed E-state index contributed by atoms with van der Waals surface area (Å²) < 4.78 is 43.5. The Bertz CT molecular complexity index is 851. The van der Waals surface area contributed by atoms with Crippen LogP contribution in [0.1, 0.15) is 29.5 Å². The molecule has 1 aliphatic heterocycles. The predicted molar refractivity (Wildman–Crippen MR) is 109 cm³/mol. The van der Waals surface area contributed by atoms with Gasteiger partial charge in [-0.15, -0.1) is 12.4 Å². The Labute approximate surface area is 182 Å². The van der Waals surface area contributed by atoms with Gasteiger partial charge in [-0.05, 0) is 61.3 Å². The van der Waals surface area contributed by atoms with Gasteiger partial charge in [0, 0.05) is 0 Å². The summed E-state index contributed by atoms with van der Waals surface area (Å²) in [5.74, 6) is -0.424. The Morgan fingerprint density at radius 1 is 1.03 bits per heavy atom. The molecule has 0 atom stereocenters. The number of carbonyl (C=O) groups excluding carboxylic acids is 1. The number of piperidine rings is 1. The van der Waals surface area contributed by atoms with Crippen molar-refractivity contribution in [1.29, 1.82) is 0 Å². The van der Waals surface area contributed by atoms with Gasteiger partial charge in [-0.25, -0.2) is 0 Å². The van der Waals surface area contributed by atoms with Crippen molar-refractivity contribution in [1.82, 2.24) is 5.32 Å². The summed E-state index contributed by atoms with van der Waals surface area (Å²) in [6, 6.07) is 9.65. The van der Waals surface area contributed by atoms with Gasteiger partial charge in [-0.1, -0.05) is 41.4 Å². The van der Waals surface area contributed by atoms with Crippen LogP contribution in [0, 0.1) is 0 Å². The van der Waals surface area contributed by atoms with E-state index in [4.69, 9.17) is 27.9 Å². The number of hydrogen-bond donors (Lipinski definition) is 1. The van der Waals surface area contributed by atoms with Crippen molar-refractivity contribution in [3.63, 3.8) is 0 Å². The summed E-state index contributed by atoms with van der Waals surface area (Å²) in [5.41, 5.74) is -0.403. The molecular formula is C20H19Cl3F3NO2. The molecule has 1 fully saturated rings. The van der Waals surface area contributed by atoms with E-state index in [0.29, 0.717) is 41.5 Å². The molecule has 0 unspecified atom stereocenters. The SMILES string of the molecule is Cl.O=C(OCc1ccc(C(F)(F)F)cc1)C1(c2ccc(Cl)c(Cl)c2)CCNCC1. The molecule has 0 aliphatic carbocycles. The van der Waals surface area contributed by atoms with Gasteiger partial charge < -0.3 is 10.1 Å². The number of rotatable bonds is 4. The fraction of sp³-hybridized carbons (Fsp3) is 0.350. The van der Waals surface area contributed by atoms with Crippen molar-refractivity contribution in [3.05, 3.63) is 69.2 Å². The first-order valence-electron chi connectivity index (χ1n) is 8.72. The van der Waals surface area contributed by atoms with Crippen LogP contribution in [0.15, 0.2) is 42.5 Å². The molecule has 2 aromatic carbocycles. The van der Waals surface area contributed by atoms with Crippen molar-refractivity contribution in [2.45, 2.75) is 31.0 Å². The highest BCUT2D eigenvalue weighted by Gasteiger charge is 2.43. The van der Waals surface area contributed by atoms with Gasteiger partial charge >= 0.3 is 12.1 Å². The monoisotopic (exact) mass is 467 g/mol. The van der Waals surface area contributed by atoms with Crippen LogP contribution in [0.25, 0.3) is 0 Å². The van der Waals surface area contributed by atoms with E-state index >= 15 is 0 Å². The zero-order valence-corrected chi connectivity index (χ0v) is 17.5. The highest BCUT2D eigenvalue weighted by Crippen LogP contribution is 2.38. The van der Waals surface area contributed by atoms with Crippen LogP contribution in [0.5, 0.6) is 0 Å². The van der Waals surface area contributed by atoms with Gasteiger partial charge in [0.25, 0.3) is 0 Å². The van der Waals surface area contributed by atoms with Gasteiger partial charge in [0.2, 0.25) is 0 Å². The van der Waals surface area contributed by atoms with Crippen LogP contribution in [-0.2, 0) is 27.7 Å². The van der Waals surface area contributed by atoms with Crippen molar-refractivity contribution >= 4 is 41.6 Å².